The Bertz CT molecular complexity index is 862. The van der Waals surface area contributed by atoms with Crippen molar-refractivity contribution in [1.82, 2.24) is 25.2 Å². The fraction of sp³-hybridized carbons (Fsp3) is 0.333. The predicted molar refractivity (Wildman–Crippen MR) is 97.6 cm³/mol. The molecular weight excluding hydrogens is 334 g/mol. The van der Waals surface area contributed by atoms with Crippen LogP contribution in [0.4, 0.5) is 0 Å². The summed E-state index contributed by atoms with van der Waals surface area (Å²) in [6.45, 7) is 3.13. The molecule has 0 saturated carbocycles. The second-order valence-corrected chi connectivity index (χ2v) is 6.96. The number of hydrogen-bond acceptors (Lipinski definition) is 6. The van der Waals surface area contributed by atoms with Crippen LogP contribution >= 0.6 is 11.3 Å². The molecule has 4 heterocycles. The van der Waals surface area contributed by atoms with Gasteiger partial charge in [-0.05, 0) is 36.1 Å². The molecule has 0 aliphatic carbocycles. The monoisotopic (exact) mass is 353 g/mol. The Kier molecular flexibility index (Phi) is 4.67. The molecule has 7 heteroatoms. The summed E-state index contributed by atoms with van der Waals surface area (Å²) in [6, 6.07) is 5.92. The highest BCUT2D eigenvalue weighted by atomic mass is 32.1. The zero-order chi connectivity index (χ0) is 17.1. The molecule has 1 atom stereocenters. The summed E-state index contributed by atoms with van der Waals surface area (Å²) < 4.78 is 0. The molecule has 25 heavy (non-hydrogen) atoms. The van der Waals surface area contributed by atoms with Crippen LogP contribution in [0, 0.1) is 5.92 Å². The van der Waals surface area contributed by atoms with Gasteiger partial charge < -0.3 is 10.2 Å². The zero-order valence-electron chi connectivity index (χ0n) is 13.8. The molecule has 1 N–H and O–H groups in total. The number of aromatic nitrogens is 3. The number of fused-ring (bicyclic) bond motifs is 1. The summed E-state index contributed by atoms with van der Waals surface area (Å²) in [6.07, 6.45) is 4.50. The second kappa shape index (κ2) is 7.25. The minimum atomic E-state index is 0.0210. The van der Waals surface area contributed by atoms with Gasteiger partial charge in [-0.3, -0.25) is 14.8 Å². The number of hydrogen-bond donors (Lipinski definition) is 1. The van der Waals surface area contributed by atoms with Crippen molar-refractivity contribution in [3.8, 4) is 0 Å². The summed E-state index contributed by atoms with van der Waals surface area (Å²) in [4.78, 5) is 27.6. The Morgan fingerprint density at radius 3 is 3.12 bits per heavy atom. The Morgan fingerprint density at radius 1 is 1.28 bits per heavy atom. The van der Waals surface area contributed by atoms with E-state index >= 15 is 0 Å². The maximum atomic E-state index is 12.6. The fourth-order valence-corrected chi connectivity index (χ4v) is 3.83. The lowest BCUT2D eigenvalue weighted by molar-refractivity contribution is 0.0742. The molecule has 1 aliphatic rings. The molecule has 0 radical (unpaired) electrons. The third-order valence-corrected chi connectivity index (χ3v) is 5.08. The first-order chi connectivity index (χ1) is 12.3. The molecule has 0 aromatic carbocycles. The van der Waals surface area contributed by atoms with Gasteiger partial charge in [-0.15, -0.1) is 11.3 Å². The SMILES string of the molecule is O=C(c1cscn1)N1CCNCC(Cc2ccnc3cccnc23)C1. The van der Waals surface area contributed by atoms with Crippen molar-refractivity contribution in [2.75, 3.05) is 26.2 Å². The van der Waals surface area contributed by atoms with E-state index in [1.807, 2.05) is 34.7 Å². The molecule has 1 unspecified atom stereocenters. The maximum absolute atomic E-state index is 12.6. The summed E-state index contributed by atoms with van der Waals surface area (Å²) in [5.41, 5.74) is 5.29. The van der Waals surface area contributed by atoms with Crippen molar-refractivity contribution in [2.45, 2.75) is 6.42 Å². The lowest BCUT2D eigenvalue weighted by Crippen LogP contribution is -2.36. The molecule has 1 amide bonds. The predicted octanol–water partition coefficient (Wildman–Crippen LogP) is 1.99. The zero-order valence-corrected chi connectivity index (χ0v) is 14.6. The molecule has 1 aliphatic heterocycles. The molecular formula is C18H19N5OS. The van der Waals surface area contributed by atoms with Crippen LogP contribution in [0.1, 0.15) is 16.1 Å². The second-order valence-electron chi connectivity index (χ2n) is 6.24. The fourth-order valence-electron chi connectivity index (χ4n) is 3.30. The van der Waals surface area contributed by atoms with E-state index in [-0.39, 0.29) is 5.91 Å². The van der Waals surface area contributed by atoms with Gasteiger partial charge in [-0.1, -0.05) is 0 Å². The minimum absolute atomic E-state index is 0.0210. The smallest absolute Gasteiger partial charge is 0.273 e. The van der Waals surface area contributed by atoms with Crippen LogP contribution in [-0.4, -0.2) is 51.9 Å². The normalized spacial score (nSPS) is 18.2. The minimum Gasteiger partial charge on any atom is -0.336 e. The van der Waals surface area contributed by atoms with Crippen molar-refractivity contribution in [1.29, 1.82) is 0 Å². The maximum Gasteiger partial charge on any atom is 0.273 e. The van der Waals surface area contributed by atoms with Gasteiger partial charge in [0.15, 0.2) is 0 Å². The first kappa shape index (κ1) is 16.1. The number of carbonyl (C=O) groups is 1. The number of thiazole rings is 1. The third-order valence-electron chi connectivity index (χ3n) is 4.50. The van der Waals surface area contributed by atoms with Gasteiger partial charge in [0.25, 0.3) is 5.91 Å². The highest BCUT2D eigenvalue weighted by molar-refractivity contribution is 7.07. The molecule has 128 valence electrons. The van der Waals surface area contributed by atoms with Crippen molar-refractivity contribution in [3.05, 3.63) is 52.7 Å². The van der Waals surface area contributed by atoms with Gasteiger partial charge in [0.2, 0.25) is 0 Å². The molecule has 3 aromatic heterocycles. The van der Waals surface area contributed by atoms with E-state index in [2.05, 4.69) is 20.3 Å². The summed E-state index contributed by atoms with van der Waals surface area (Å²) in [7, 11) is 0. The van der Waals surface area contributed by atoms with Crippen LogP contribution in [0.25, 0.3) is 11.0 Å². The van der Waals surface area contributed by atoms with Crippen LogP contribution in [0.2, 0.25) is 0 Å². The molecule has 6 nitrogen and oxygen atoms in total. The Morgan fingerprint density at radius 2 is 2.24 bits per heavy atom. The number of pyridine rings is 2. The van der Waals surface area contributed by atoms with Crippen molar-refractivity contribution < 1.29 is 4.79 Å². The van der Waals surface area contributed by atoms with Crippen LogP contribution < -0.4 is 5.32 Å². The number of carbonyl (C=O) groups excluding carboxylic acids is 1. The van der Waals surface area contributed by atoms with Gasteiger partial charge in [-0.25, -0.2) is 4.98 Å². The summed E-state index contributed by atoms with van der Waals surface area (Å²) >= 11 is 1.45. The van der Waals surface area contributed by atoms with Gasteiger partial charge in [-0.2, -0.15) is 0 Å². The highest BCUT2D eigenvalue weighted by Gasteiger charge is 2.24. The van der Waals surface area contributed by atoms with Gasteiger partial charge in [0.05, 0.1) is 16.5 Å². The Hall–Kier alpha value is -2.38. The number of nitrogens with zero attached hydrogens (tertiary/aromatic N) is 4. The molecule has 1 fully saturated rings. The van der Waals surface area contributed by atoms with E-state index in [1.165, 1.54) is 16.9 Å². The van der Waals surface area contributed by atoms with E-state index in [9.17, 15) is 4.79 Å². The average Bonchev–Trinajstić information content (AvgIpc) is 3.08. The molecule has 0 spiro atoms. The highest BCUT2D eigenvalue weighted by Crippen LogP contribution is 2.19. The van der Waals surface area contributed by atoms with Crippen molar-refractivity contribution in [3.63, 3.8) is 0 Å². The summed E-state index contributed by atoms with van der Waals surface area (Å²) in [5.74, 6) is 0.352. The molecule has 1 saturated heterocycles. The Labute approximate surface area is 149 Å². The van der Waals surface area contributed by atoms with Crippen molar-refractivity contribution in [2.24, 2.45) is 5.92 Å². The van der Waals surface area contributed by atoms with E-state index in [1.54, 1.807) is 11.7 Å². The molecule has 0 bridgehead atoms. The number of rotatable bonds is 3. The van der Waals surface area contributed by atoms with E-state index in [0.29, 0.717) is 18.2 Å². The molecule has 4 rings (SSSR count). The topological polar surface area (TPSA) is 71.0 Å². The largest absolute Gasteiger partial charge is 0.336 e. The van der Waals surface area contributed by atoms with Gasteiger partial charge >= 0.3 is 0 Å². The van der Waals surface area contributed by atoms with Crippen LogP contribution in [0.5, 0.6) is 0 Å². The van der Waals surface area contributed by atoms with Crippen LogP contribution in [-0.2, 0) is 6.42 Å². The van der Waals surface area contributed by atoms with Crippen LogP contribution in [0.3, 0.4) is 0 Å². The number of nitrogens with one attached hydrogen (secondary N) is 1. The first-order valence-electron chi connectivity index (χ1n) is 8.38. The van der Waals surface area contributed by atoms with E-state index in [0.717, 1.165) is 37.1 Å². The van der Waals surface area contributed by atoms with Crippen molar-refractivity contribution >= 4 is 28.3 Å². The number of amides is 1. The van der Waals surface area contributed by atoms with Crippen LogP contribution in [0.15, 0.2) is 41.5 Å². The third kappa shape index (κ3) is 3.52. The standard InChI is InChI=1S/C18H19N5OS/c24-18(16-11-25-12-22-16)23-7-6-19-9-13(10-23)8-14-3-5-20-15-2-1-4-21-17(14)15/h1-5,11-13,19H,6-10H2. The molecule has 3 aromatic rings. The van der Waals surface area contributed by atoms with Gasteiger partial charge in [0, 0.05) is 44.0 Å². The first-order valence-corrected chi connectivity index (χ1v) is 9.32. The lowest BCUT2D eigenvalue weighted by atomic mass is 9.98. The lowest BCUT2D eigenvalue weighted by Gasteiger charge is -2.23. The quantitative estimate of drug-likeness (QED) is 0.780. The van der Waals surface area contributed by atoms with E-state index < -0.39 is 0 Å². The Balaban J connectivity index is 1.54. The average molecular weight is 353 g/mol. The van der Waals surface area contributed by atoms with Gasteiger partial charge in [0.1, 0.15) is 5.69 Å². The summed E-state index contributed by atoms with van der Waals surface area (Å²) in [5, 5.41) is 5.26. The van der Waals surface area contributed by atoms with E-state index in [4.69, 9.17) is 0 Å².